The highest BCUT2D eigenvalue weighted by atomic mass is 35.5. The van der Waals surface area contributed by atoms with Crippen LogP contribution < -0.4 is 4.72 Å². The molecule has 2 aromatic rings. The van der Waals surface area contributed by atoms with Gasteiger partial charge in [-0.25, -0.2) is 13.2 Å². The first-order valence-electron chi connectivity index (χ1n) is 5.27. The predicted octanol–water partition coefficient (Wildman–Crippen LogP) is 2.60. The lowest BCUT2D eigenvalue weighted by molar-refractivity contribution is 0.0701. The predicted molar refractivity (Wildman–Crippen MR) is 76.1 cm³/mol. The number of anilines is 1. The van der Waals surface area contributed by atoms with E-state index in [4.69, 9.17) is 16.7 Å². The summed E-state index contributed by atoms with van der Waals surface area (Å²) in [5.41, 5.74) is 0.525. The average Bonchev–Trinajstić information content (AvgIpc) is 2.75. The molecular weight excluding hydrogens is 324 g/mol. The third-order valence-corrected chi connectivity index (χ3v) is 5.76. The van der Waals surface area contributed by atoms with Crippen LogP contribution >= 0.6 is 22.9 Å². The van der Waals surface area contributed by atoms with Crippen molar-refractivity contribution in [3.63, 3.8) is 0 Å². The number of halogens is 1. The number of carbonyl (C=O) groups is 1. The molecule has 0 amide bonds. The van der Waals surface area contributed by atoms with E-state index in [0.717, 1.165) is 0 Å². The number of nitrogens with one attached hydrogen (secondary N) is 1. The van der Waals surface area contributed by atoms with Crippen molar-refractivity contribution >= 4 is 44.6 Å². The Morgan fingerprint density at radius 3 is 2.75 bits per heavy atom. The van der Waals surface area contributed by atoms with E-state index in [9.17, 15) is 13.2 Å². The van der Waals surface area contributed by atoms with Gasteiger partial charge in [0.25, 0.3) is 10.0 Å². The lowest BCUT2D eigenvalue weighted by Gasteiger charge is -2.06. The summed E-state index contributed by atoms with van der Waals surface area (Å²) in [6.45, 7) is 1.54. The Labute approximate surface area is 124 Å². The van der Waals surface area contributed by atoms with Gasteiger partial charge in [-0.3, -0.25) is 9.71 Å². The highest BCUT2D eigenvalue weighted by Crippen LogP contribution is 2.29. The highest BCUT2D eigenvalue weighted by Gasteiger charge is 2.22. The minimum atomic E-state index is -3.89. The van der Waals surface area contributed by atoms with Gasteiger partial charge in [0, 0.05) is 6.20 Å². The van der Waals surface area contributed by atoms with E-state index >= 15 is 0 Å². The molecule has 106 valence electrons. The van der Waals surface area contributed by atoms with Crippen molar-refractivity contribution in [2.45, 2.75) is 11.1 Å². The minimum Gasteiger partial charge on any atom is -0.477 e. The van der Waals surface area contributed by atoms with Gasteiger partial charge in [0.2, 0.25) is 0 Å². The number of hydrogen-bond acceptors (Lipinski definition) is 5. The SMILES string of the molecule is Cc1cc(S(=O)(=O)Nc2cnccc2Cl)sc1C(=O)O. The van der Waals surface area contributed by atoms with Crippen LogP contribution in [0.4, 0.5) is 5.69 Å². The number of hydrogen-bond donors (Lipinski definition) is 2. The van der Waals surface area contributed by atoms with Crippen molar-refractivity contribution in [3.05, 3.63) is 40.0 Å². The van der Waals surface area contributed by atoms with Crippen LogP contribution in [0, 0.1) is 6.92 Å². The molecule has 9 heteroatoms. The second-order valence-corrected chi connectivity index (χ2v) is 7.21. The smallest absolute Gasteiger partial charge is 0.346 e. The van der Waals surface area contributed by atoms with Gasteiger partial charge in [-0.1, -0.05) is 11.6 Å². The molecule has 6 nitrogen and oxygen atoms in total. The van der Waals surface area contributed by atoms with Gasteiger partial charge < -0.3 is 5.11 Å². The normalized spacial score (nSPS) is 11.3. The van der Waals surface area contributed by atoms with E-state index in [-0.39, 0.29) is 19.8 Å². The third-order valence-electron chi connectivity index (χ3n) is 2.37. The zero-order valence-corrected chi connectivity index (χ0v) is 12.5. The van der Waals surface area contributed by atoms with Crippen LogP contribution in [0.25, 0.3) is 0 Å². The quantitative estimate of drug-likeness (QED) is 0.897. The molecule has 0 saturated carbocycles. The van der Waals surface area contributed by atoms with Crippen LogP contribution in [0.15, 0.2) is 28.7 Å². The van der Waals surface area contributed by atoms with E-state index in [1.165, 1.54) is 31.5 Å². The van der Waals surface area contributed by atoms with Crippen LogP contribution in [0.1, 0.15) is 15.2 Å². The third kappa shape index (κ3) is 2.92. The second kappa shape index (κ2) is 5.39. The molecule has 0 spiro atoms. The minimum absolute atomic E-state index is 0.0114. The fourth-order valence-corrected chi connectivity index (χ4v) is 4.10. The number of sulfonamides is 1. The van der Waals surface area contributed by atoms with Crippen molar-refractivity contribution in [3.8, 4) is 0 Å². The highest BCUT2D eigenvalue weighted by molar-refractivity contribution is 7.94. The number of carboxylic acids is 1. The Morgan fingerprint density at radius 1 is 1.50 bits per heavy atom. The van der Waals surface area contributed by atoms with Crippen LogP contribution in [-0.4, -0.2) is 24.5 Å². The zero-order chi connectivity index (χ0) is 14.9. The van der Waals surface area contributed by atoms with Crippen molar-refractivity contribution in [1.29, 1.82) is 0 Å². The molecule has 0 aromatic carbocycles. The molecular formula is C11H9ClN2O4S2. The van der Waals surface area contributed by atoms with E-state index < -0.39 is 16.0 Å². The van der Waals surface area contributed by atoms with Gasteiger partial charge in [-0.05, 0) is 24.6 Å². The lowest BCUT2D eigenvalue weighted by atomic mass is 10.3. The van der Waals surface area contributed by atoms with Crippen LogP contribution in [-0.2, 0) is 10.0 Å². The number of thiophene rings is 1. The van der Waals surface area contributed by atoms with Gasteiger partial charge in [0.15, 0.2) is 0 Å². The molecule has 0 radical (unpaired) electrons. The largest absolute Gasteiger partial charge is 0.477 e. The molecule has 0 aliphatic rings. The summed E-state index contributed by atoms with van der Waals surface area (Å²) in [5.74, 6) is -1.16. The molecule has 2 aromatic heterocycles. The first-order valence-corrected chi connectivity index (χ1v) is 7.95. The van der Waals surface area contributed by atoms with Gasteiger partial charge in [0.1, 0.15) is 9.09 Å². The van der Waals surface area contributed by atoms with Crippen LogP contribution in [0.3, 0.4) is 0 Å². The fraction of sp³-hybridized carbons (Fsp3) is 0.0909. The molecule has 0 aliphatic heterocycles. The summed E-state index contributed by atoms with van der Waals surface area (Å²) in [6, 6.07) is 2.75. The monoisotopic (exact) mass is 332 g/mol. The van der Waals surface area contributed by atoms with Crippen molar-refractivity contribution in [2.75, 3.05) is 4.72 Å². The Balaban J connectivity index is 2.39. The van der Waals surface area contributed by atoms with Gasteiger partial charge in [-0.2, -0.15) is 0 Å². The Bertz CT molecular complexity index is 770. The standard InChI is InChI=1S/C11H9ClN2O4S2/c1-6-4-9(19-10(6)11(15)16)20(17,18)14-8-5-13-3-2-7(8)12/h2-5,14H,1H3,(H,15,16). The van der Waals surface area contributed by atoms with Crippen LogP contribution in [0.5, 0.6) is 0 Å². The van der Waals surface area contributed by atoms with E-state index in [0.29, 0.717) is 16.9 Å². The number of aryl methyl sites for hydroxylation is 1. The Kier molecular flexibility index (Phi) is 3.98. The molecule has 20 heavy (non-hydrogen) atoms. The number of rotatable bonds is 4. The maximum Gasteiger partial charge on any atom is 0.346 e. The topological polar surface area (TPSA) is 96.4 Å². The average molecular weight is 333 g/mol. The zero-order valence-electron chi connectivity index (χ0n) is 10.1. The van der Waals surface area contributed by atoms with Crippen molar-refractivity contribution < 1.29 is 18.3 Å². The molecule has 2 heterocycles. The Morgan fingerprint density at radius 2 is 2.20 bits per heavy atom. The molecule has 0 atom stereocenters. The summed E-state index contributed by atoms with van der Waals surface area (Å²) < 4.78 is 26.5. The number of aromatic carboxylic acids is 1. The molecule has 2 rings (SSSR count). The fourth-order valence-electron chi connectivity index (χ4n) is 1.45. The number of pyridine rings is 1. The first-order chi connectivity index (χ1) is 9.31. The molecule has 0 aliphatic carbocycles. The Hall–Kier alpha value is -1.64. The van der Waals surface area contributed by atoms with Crippen molar-refractivity contribution in [1.82, 2.24) is 4.98 Å². The van der Waals surface area contributed by atoms with Crippen molar-refractivity contribution in [2.24, 2.45) is 0 Å². The molecule has 0 saturated heterocycles. The molecule has 2 N–H and O–H groups in total. The number of carboxylic acid groups (broad SMARTS) is 1. The molecule has 0 fully saturated rings. The summed E-state index contributed by atoms with van der Waals surface area (Å²) in [5, 5.41) is 9.15. The van der Waals surface area contributed by atoms with E-state index in [1.54, 1.807) is 0 Å². The van der Waals surface area contributed by atoms with E-state index in [1.807, 2.05) is 0 Å². The molecule has 0 unspecified atom stereocenters. The summed E-state index contributed by atoms with van der Waals surface area (Å²) in [6.07, 6.45) is 2.70. The van der Waals surface area contributed by atoms with Gasteiger partial charge in [-0.15, -0.1) is 11.3 Å². The summed E-state index contributed by atoms with van der Waals surface area (Å²) in [4.78, 5) is 14.7. The summed E-state index contributed by atoms with van der Waals surface area (Å²) >= 11 is 6.53. The second-order valence-electron chi connectivity index (χ2n) is 3.84. The molecule has 0 bridgehead atoms. The van der Waals surface area contributed by atoms with Gasteiger partial charge >= 0.3 is 5.97 Å². The first kappa shape index (κ1) is 14.8. The maximum atomic E-state index is 12.2. The maximum absolute atomic E-state index is 12.2. The van der Waals surface area contributed by atoms with Gasteiger partial charge in [0.05, 0.1) is 16.9 Å². The van der Waals surface area contributed by atoms with Crippen LogP contribution in [0.2, 0.25) is 5.02 Å². The summed E-state index contributed by atoms with van der Waals surface area (Å²) in [7, 11) is -3.89. The van der Waals surface area contributed by atoms with E-state index in [2.05, 4.69) is 9.71 Å². The number of nitrogens with zero attached hydrogens (tertiary/aromatic N) is 1. The lowest BCUT2D eigenvalue weighted by Crippen LogP contribution is -2.12. The number of aromatic nitrogens is 1.